The first-order valence-corrected chi connectivity index (χ1v) is 8.03. The predicted molar refractivity (Wildman–Crippen MR) is 95.1 cm³/mol. The number of ether oxygens (including phenoxy) is 1. The molecule has 0 atom stereocenters. The minimum Gasteiger partial charge on any atom is -0.450 e. The van der Waals surface area contributed by atoms with E-state index in [4.69, 9.17) is 10.5 Å². The molecule has 0 unspecified atom stereocenters. The largest absolute Gasteiger partial charge is 0.450 e. The van der Waals surface area contributed by atoms with E-state index in [1.807, 2.05) is 6.07 Å². The molecule has 5 nitrogen and oxygen atoms in total. The van der Waals surface area contributed by atoms with Crippen molar-refractivity contribution in [3.8, 4) is 0 Å². The maximum absolute atomic E-state index is 12.5. The summed E-state index contributed by atoms with van der Waals surface area (Å²) in [6, 6.07) is 10.1. The van der Waals surface area contributed by atoms with Gasteiger partial charge in [-0.25, -0.2) is 4.79 Å². The van der Waals surface area contributed by atoms with Crippen molar-refractivity contribution in [3.63, 3.8) is 0 Å². The molecule has 0 aliphatic rings. The smallest absolute Gasteiger partial charge is 0.416 e. The molecule has 0 saturated heterocycles. The molecule has 1 amide bonds. The number of nitrogens with two attached hydrogens (primary N) is 1. The molecule has 0 spiro atoms. The lowest BCUT2D eigenvalue weighted by atomic mass is 10.1. The summed E-state index contributed by atoms with van der Waals surface area (Å²) < 4.78 is 42.3. The first-order chi connectivity index (χ1) is 12.3. The molecule has 26 heavy (non-hydrogen) atoms. The number of anilines is 3. The lowest BCUT2D eigenvalue weighted by Gasteiger charge is -2.11. The molecule has 2 aromatic rings. The Morgan fingerprint density at radius 1 is 1.15 bits per heavy atom. The Hall–Kier alpha value is -2.90. The number of carbonyl (C=O) groups excluding carboxylic acids is 1. The number of benzene rings is 2. The fourth-order valence-corrected chi connectivity index (χ4v) is 2.29. The molecule has 0 fully saturated rings. The van der Waals surface area contributed by atoms with Crippen LogP contribution in [0.15, 0.2) is 42.5 Å². The lowest BCUT2D eigenvalue weighted by Crippen LogP contribution is -2.14. The van der Waals surface area contributed by atoms with Crippen molar-refractivity contribution in [2.75, 3.05) is 29.5 Å². The summed E-state index contributed by atoms with van der Waals surface area (Å²) in [4.78, 5) is 11.4. The summed E-state index contributed by atoms with van der Waals surface area (Å²) in [5, 5.41) is 5.60. The van der Waals surface area contributed by atoms with Gasteiger partial charge in [-0.3, -0.25) is 5.32 Å². The summed E-state index contributed by atoms with van der Waals surface area (Å²) in [6.07, 6.45) is -4.30. The third kappa shape index (κ3) is 5.58. The van der Waals surface area contributed by atoms with Crippen LogP contribution in [0.2, 0.25) is 0 Å². The molecule has 4 N–H and O–H groups in total. The van der Waals surface area contributed by atoms with Crippen LogP contribution in [-0.4, -0.2) is 19.2 Å². The quantitative estimate of drug-likeness (QED) is 0.657. The first kappa shape index (κ1) is 19.4. The Morgan fingerprint density at radius 2 is 1.85 bits per heavy atom. The average molecular weight is 367 g/mol. The van der Waals surface area contributed by atoms with E-state index in [1.165, 1.54) is 12.1 Å². The van der Waals surface area contributed by atoms with Gasteiger partial charge in [0, 0.05) is 12.2 Å². The molecule has 0 aliphatic heterocycles. The molecular weight excluding hydrogens is 347 g/mol. The Kier molecular flexibility index (Phi) is 6.32. The third-order valence-corrected chi connectivity index (χ3v) is 3.58. The van der Waals surface area contributed by atoms with E-state index >= 15 is 0 Å². The van der Waals surface area contributed by atoms with Gasteiger partial charge >= 0.3 is 12.3 Å². The fraction of sp³-hybridized carbons (Fsp3) is 0.278. The number of hydrogen-bond acceptors (Lipinski definition) is 4. The standard InChI is InChI=1S/C18H20F3N3O2/c1-2-26-17(25)24-16-8-3-12(11-15(16)22)9-10-23-14-6-4-13(5-7-14)18(19,20)21/h3-8,11,23H,2,9-10,22H2,1H3,(H,24,25). The minimum atomic E-state index is -4.34. The number of nitrogens with one attached hydrogen (secondary N) is 2. The zero-order chi connectivity index (χ0) is 19.2. The highest BCUT2D eigenvalue weighted by atomic mass is 19.4. The topological polar surface area (TPSA) is 76.4 Å². The highest BCUT2D eigenvalue weighted by Gasteiger charge is 2.29. The van der Waals surface area contributed by atoms with E-state index < -0.39 is 17.8 Å². The van der Waals surface area contributed by atoms with Crippen LogP contribution in [0, 0.1) is 0 Å². The second kappa shape index (κ2) is 8.46. The minimum absolute atomic E-state index is 0.263. The maximum Gasteiger partial charge on any atom is 0.416 e. The van der Waals surface area contributed by atoms with E-state index in [0.29, 0.717) is 30.0 Å². The molecule has 140 valence electrons. The SMILES string of the molecule is CCOC(=O)Nc1ccc(CCNc2ccc(C(F)(F)F)cc2)cc1N. The van der Waals surface area contributed by atoms with Crippen molar-refractivity contribution in [1.82, 2.24) is 0 Å². The van der Waals surface area contributed by atoms with Gasteiger partial charge in [-0.2, -0.15) is 13.2 Å². The second-order valence-electron chi connectivity index (χ2n) is 5.52. The van der Waals surface area contributed by atoms with Gasteiger partial charge in [-0.1, -0.05) is 6.07 Å². The van der Waals surface area contributed by atoms with Crippen LogP contribution in [0.4, 0.5) is 35.0 Å². The highest BCUT2D eigenvalue weighted by molar-refractivity contribution is 5.88. The highest BCUT2D eigenvalue weighted by Crippen LogP contribution is 2.29. The second-order valence-corrected chi connectivity index (χ2v) is 5.52. The summed E-state index contributed by atoms with van der Waals surface area (Å²) >= 11 is 0. The summed E-state index contributed by atoms with van der Waals surface area (Å²) in [5.74, 6) is 0. The Morgan fingerprint density at radius 3 is 2.42 bits per heavy atom. The van der Waals surface area contributed by atoms with E-state index in [9.17, 15) is 18.0 Å². The summed E-state index contributed by atoms with van der Waals surface area (Å²) in [7, 11) is 0. The zero-order valence-electron chi connectivity index (χ0n) is 14.2. The van der Waals surface area contributed by atoms with E-state index in [0.717, 1.165) is 17.7 Å². The number of halogens is 3. The molecule has 2 rings (SSSR count). The van der Waals surface area contributed by atoms with Crippen molar-refractivity contribution < 1.29 is 22.7 Å². The van der Waals surface area contributed by atoms with Crippen molar-refractivity contribution >= 4 is 23.2 Å². The summed E-state index contributed by atoms with van der Waals surface area (Å²) in [5.41, 5.74) is 7.63. The van der Waals surface area contributed by atoms with Crippen LogP contribution in [0.5, 0.6) is 0 Å². The Labute approximate surface area is 149 Å². The van der Waals surface area contributed by atoms with Crippen LogP contribution in [0.1, 0.15) is 18.1 Å². The van der Waals surface area contributed by atoms with Crippen LogP contribution in [0.3, 0.4) is 0 Å². The molecule has 0 aromatic heterocycles. The Balaban J connectivity index is 1.88. The molecule has 0 bridgehead atoms. The van der Waals surface area contributed by atoms with Crippen LogP contribution in [-0.2, 0) is 17.3 Å². The van der Waals surface area contributed by atoms with Crippen molar-refractivity contribution in [2.24, 2.45) is 0 Å². The van der Waals surface area contributed by atoms with Gasteiger partial charge in [-0.05, 0) is 55.3 Å². The zero-order valence-corrected chi connectivity index (χ0v) is 14.2. The number of carbonyl (C=O) groups is 1. The number of hydrogen-bond donors (Lipinski definition) is 3. The van der Waals surface area contributed by atoms with Gasteiger partial charge in [-0.15, -0.1) is 0 Å². The van der Waals surface area contributed by atoms with Gasteiger partial charge in [0.15, 0.2) is 0 Å². The first-order valence-electron chi connectivity index (χ1n) is 8.03. The average Bonchev–Trinajstić information content (AvgIpc) is 2.57. The van der Waals surface area contributed by atoms with Gasteiger partial charge in [0.1, 0.15) is 0 Å². The lowest BCUT2D eigenvalue weighted by molar-refractivity contribution is -0.137. The van der Waals surface area contributed by atoms with Crippen LogP contribution < -0.4 is 16.4 Å². The predicted octanol–water partition coefficient (Wildman–Crippen LogP) is 4.51. The van der Waals surface area contributed by atoms with Gasteiger partial charge in [0.05, 0.1) is 23.5 Å². The third-order valence-electron chi connectivity index (χ3n) is 3.58. The number of alkyl halides is 3. The maximum atomic E-state index is 12.5. The van der Waals surface area contributed by atoms with Gasteiger partial charge in [0.2, 0.25) is 0 Å². The van der Waals surface area contributed by atoms with Crippen LogP contribution >= 0.6 is 0 Å². The number of amides is 1. The van der Waals surface area contributed by atoms with Crippen molar-refractivity contribution in [2.45, 2.75) is 19.5 Å². The normalized spacial score (nSPS) is 11.1. The monoisotopic (exact) mass is 367 g/mol. The molecule has 8 heteroatoms. The van der Waals surface area contributed by atoms with Gasteiger partial charge < -0.3 is 15.8 Å². The van der Waals surface area contributed by atoms with Gasteiger partial charge in [0.25, 0.3) is 0 Å². The van der Waals surface area contributed by atoms with Crippen molar-refractivity contribution in [3.05, 3.63) is 53.6 Å². The Bertz CT molecular complexity index is 746. The molecule has 0 saturated carbocycles. The fourth-order valence-electron chi connectivity index (χ4n) is 2.29. The number of rotatable bonds is 6. The van der Waals surface area contributed by atoms with Crippen LogP contribution in [0.25, 0.3) is 0 Å². The van der Waals surface area contributed by atoms with Crippen molar-refractivity contribution in [1.29, 1.82) is 0 Å². The molecular formula is C18H20F3N3O2. The molecule has 2 aromatic carbocycles. The molecule has 0 heterocycles. The molecule has 0 aliphatic carbocycles. The molecule has 0 radical (unpaired) electrons. The van der Waals surface area contributed by atoms with E-state index in [2.05, 4.69) is 10.6 Å². The van der Waals surface area contributed by atoms with E-state index in [1.54, 1.807) is 19.1 Å². The number of nitrogen functional groups attached to an aromatic ring is 1. The van der Waals surface area contributed by atoms with E-state index in [-0.39, 0.29) is 6.61 Å². The summed E-state index contributed by atoms with van der Waals surface area (Å²) in [6.45, 7) is 2.49.